The lowest BCUT2D eigenvalue weighted by atomic mass is 10.1. The summed E-state index contributed by atoms with van der Waals surface area (Å²) < 4.78 is 25.4. The Balaban J connectivity index is 4.52. The van der Waals surface area contributed by atoms with E-state index < -0.39 is 15.6 Å². The second-order valence-corrected chi connectivity index (χ2v) is 8.60. The average Bonchev–Trinajstić information content (AvgIpc) is 2.39. The third kappa shape index (κ3) is 13.3. The van der Waals surface area contributed by atoms with Crippen molar-refractivity contribution in [3.05, 3.63) is 0 Å². The normalized spacial score (nSPS) is 14.6. The number of aliphatic imine (C=N–C) groups is 1. The number of guanidine groups is 1. The van der Waals surface area contributed by atoms with E-state index in [0.717, 1.165) is 18.9 Å². The van der Waals surface area contributed by atoms with Crippen molar-refractivity contribution in [2.24, 2.45) is 4.99 Å². The van der Waals surface area contributed by atoms with Gasteiger partial charge in [-0.1, -0.05) is 32.6 Å². The Bertz CT molecular complexity index is 447. The van der Waals surface area contributed by atoms with Gasteiger partial charge in [0.15, 0.2) is 5.96 Å². The standard InChI is InChI=1S/C16H36N4O2S/c1-7-9-10-11-12-14(3)19-15(17-8-2)18-13-16(4,5)20-23(6,21)22/h14,20H,7-13H2,1-6H3,(H2,17,18,19). The molecule has 0 aliphatic heterocycles. The molecule has 7 heteroatoms. The second-order valence-electron chi connectivity index (χ2n) is 6.85. The van der Waals surface area contributed by atoms with Crippen molar-refractivity contribution in [2.75, 3.05) is 19.3 Å². The average molecular weight is 349 g/mol. The third-order valence-electron chi connectivity index (χ3n) is 3.31. The highest BCUT2D eigenvalue weighted by molar-refractivity contribution is 7.88. The Morgan fingerprint density at radius 3 is 2.35 bits per heavy atom. The number of nitrogens with one attached hydrogen (secondary N) is 3. The van der Waals surface area contributed by atoms with Gasteiger partial charge in [-0.3, -0.25) is 4.99 Å². The maximum absolute atomic E-state index is 11.4. The van der Waals surface area contributed by atoms with Crippen molar-refractivity contribution in [3.8, 4) is 0 Å². The van der Waals surface area contributed by atoms with Gasteiger partial charge in [0.25, 0.3) is 0 Å². The van der Waals surface area contributed by atoms with E-state index in [0.29, 0.717) is 12.6 Å². The summed E-state index contributed by atoms with van der Waals surface area (Å²) in [7, 11) is -3.24. The van der Waals surface area contributed by atoms with Crippen LogP contribution in [0, 0.1) is 0 Å². The molecule has 0 bridgehead atoms. The first kappa shape index (κ1) is 22.2. The minimum absolute atomic E-state index is 0.343. The summed E-state index contributed by atoms with van der Waals surface area (Å²) in [5.74, 6) is 0.735. The van der Waals surface area contributed by atoms with Crippen LogP contribution in [0.1, 0.15) is 66.7 Å². The molecular weight excluding hydrogens is 312 g/mol. The Labute approximate surface area is 143 Å². The van der Waals surface area contributed by atoms with Gasteiger partial charge in [-0.2, -0.15) is 0 Å². The fraction of sp³-hybridized carbons (Fsp3) is 0.938. The molecule has 0 saturated heterocycles. The van der Waals surface area contributed by atoms with Crippen LogP contribution < -0.4 is 15.4 Å². The number of hydrogen-bond acceptors (Lipinski definition) is 3. The number of nitrogens with zero attached hydrogens (tertiary/aromatic N) is 1. The number of sulfonamides is 1. The number of unbranched alkanes of at least 4 members (excludes halogenated alkanes) is 3. The molecule has 1 unspecified atom stereocenters. The molecule has 0 rings (SSSR count). The number of hydrogen-bond donors (Lipinski definition) is 3. The molecule has 0 aromatic rings. The lowest BCUT2D eigenvalue weighted by molar-refractivity contribution is 0.463. The van der Waals surface area contributed by atoms with Crippen LogP contribution >= 0.6 is 0 Å². The molecule has 23 heavy (non-hydrogen) atoms. The number of rotatable bonds is 11. The van der Waals surface area contributed by atoms with Gasteiger partial charge in [-0.25, -0.2) is 13.1 Å². The van der Waals surface area contributed by atoms with Gasteiger partial charge in [0.1, 0.15) is 0 Å². The lowest BCUT2D eigenvalue weighted by Crippen LogP contribution is -2.47. The van der Waals surface area contributed by atoms with Crippen molar-refractivity contribution in [3.63, 3.8) is 0 Å². The molecule has 0 aromatic heterocycles. The van der Waals surface area contributed by atoms with Gasteiger partial charge in [0.05, 0.1) is 12.8 Å². The summed E-state index contributed by atoms with van der Waals surface area (Å²) in [6, 6.07) is 0.343. The molecule has 0 spiro atoms. The molecule has 0 aliphatic rings. The predicted octanol–water partition coefficient (Wildman–Crippen LogP) is 2.23. The van der Waals surface area contributed by atoms with Crippen molar-refractivity contribution < 1.29 is 8.42 Å². The van der Waals surface area contributed by atoms with Crippen LogP contribution in [-0.4, -0.2) is 45.3 Å². The first-order valence-electron chi connectivity index (χ1n) is 8.63. The van der Waals surface area contributed by atoms with Crippen molar-refractivity contribution in [2.45, 2.75) is 78.3 Å². The van der Waals surface area contributed by atoms with E-state index in [1.807, 2.05) is 20.8 Å². The Morgan fingerprint density at radius 1 is 1.17 bits per heavy atom. The maximum atomic E-state index is 11.4. The van der Waals surface area contributed by atoms with E-state index >= 15 is 0 Å². The van der Waals surface area contributed by atoms with Crippen LogP contribution in [0.5, 0.6) is 0 Å². The zero-order valence-corrected chi connectivity index (χ0v) is 16.5. The summed E-state index contributed by atoms with van der Waals surface area (Å²) in [4.78, 5) is 4.52. The zero-order valence-electron chi connectivity index (χ0n) is 15.7. The molecule has 6 nitrogen and oxygen atoms in total. The highest BCUT2D eigenvalue weighted by atomic mass is 32.2. The predicted molar refractivity (Wildman–Crippen MR) is 99.4 cm³/mol. The Morgan fingerprint density at radius 2 is 1.83 bits per heavy atom. The lowest BCUT2D eigenvalue weighted by Gasteiger charge is -2.24. The van der Waals surface area contributed by atoms with Crippen LogP contribution in [-0.2, 0) is 10.0 Å². The maximum Gasteiger partial charge on any atom is 0.209 e. The van der Waals surface area contributed by atoms with Gasteiger partial charge in [0, 0.05) is 18.1 Å². The first-order chi connectivity index (χ1) is 10.6. The largest absolute Gasteiger partial charge is 0.357 e. The summed E-state index contributed by atoms with van der Waals surface area (Å²) >= 11 is 0. The Kier molecular flexibility index (Phi) is 10.5. The fourth-order valence-corrected chi connectivity index (χ4v) is 3.38. The van der Waals surface area contributed by atoms with E-state index in [4.69, 9.17) is 0 Å². The van der Waals surface area contributed by atoms with Crippen LogP contribution in [0.4, 0.5) is 0 Å². The first-order valence-corrected chi connectivity index (χ1v) is 10.5. The van der Waals surface area contributed by atoms with Gasteiger partial charge in [0.2, 0.25) is 10.0 Å². The highest BCUT2D eigenvalue weighted by Crippen LogP contribution is 2.06. The summed E-state index contributed by atoms with van der Waals surface area (Å²) in [6.07, 6.45) is 7.28. The smallest absolute Gasteiger partial charge is 0.209 e. The zero-order chi connectivity index (χ0) is 17.9. The molecule has 0 amide bonds. The third-order valence-corrected chi connectivity index (χ3v) is 4.24. The van der Waals surface area contributed by atoms with Crippen LogP contribution in [0.3, 0.4) is 0 Å². The molecule has 0 aromatic carbocycles. The van der Waals surface area contributed by atoms with Crippen molar-refractivity contribution >= 4 is 16.0 Å². The molecule has 0 aliphatic carbocycles. The van der Waals surface area contributed by atoms with Gasteiger partial charge >= 0.3 is 0 Å². The van der Waals surface area contributed by atoms with Crippen molar-refractivity contribution in [1.82, 2.24) is 15.4 Å². The molecule has 1 atom stereocenters. The summed E-state index contributed by atoms with van der Waals surface area (Å²) in [5.41, 5.74) is -0.611. The molecule has 0 radical (unpaired) electrons. The van der Waals surface area contributed by atoms with Crippen LogP contribution in [0.25, 0.3) is 0 Å². The monoisotopic (exact) mass is 348 g/mol. The van der Waals surface area contributed by atoms with E-state index in [-0.39, 0.29) is 0 Å². The van der Waals surface area contributed by atoms with E-state index in [2.05, 4.69) is 34.2 Å². The minimum Gasteiger partial charge on any atom is -0.357 e. The molecular formula is C16H36N4O2S. The SMILES string of the molecule is CCCCCCC(C)NC(=NCC(C)(C)NS(C)(=O)=O)NCC. The highest BCUT2D eigenvalue weighted by Gasteiger charge is 2.22. The minimum atomic E-state index is -3.24. The van der Waals surface area contributed by atoms with E-state index in [9.17, 15) is 8.42 Å². The van der Waals surface area contributed by atoms with Gasteiger partial charge in [-0.15, -0.1) is 0 Å². The van der Waals surface area contributed by atoms with Crippen LogP contribution in [0.2, 0.25) is 0 Å². The molecule has 0 fully saturated rings. The summed E-state index contributed by atoms with van der Waals surface area (Å²) in [6.45, 7) is 11.2. The molecule has 138 valence electrons. The molecule has 3 N–H and O–H groups in total. The molecule has 0 heterocycles. The van der Waals surface area contributed by atoms with E-state index in [1.54, 1.807) is 0 Å². The Hall–Kier alpha value is -0.820. The van der Waals surface area contributed by atoms with Crippen molar-refractivity contribution in [1.29, 1.82) is 0 Å². The second kappa shape index (κ2) is 10.9. The topological polar surface area (TPSA) is 82.6 Å². The van der Waals surface area contributed by atoms with Crippen LogP contribution in [0.15, 0.2) is 4.99 Å². The van der Waals surface area contributed by atoms with Gasteiger partial charge < -0.3 is 10.6 Å². The van der Waals surface area contributed by atoms with Gasteiger partial charge in [-0.05, 0) is 34.1 Å². The molecule has 0 saturated carbocycles. The fourth-order valence-electron chi connectivity index (χ4n) is 2.31. The summed E-state index contributed by atoms with van der Waals surface area (Å²) in [5, 5.41) is 6.60. The quantitative estimate of drug-likeness (QED) is 0.304. The van der Waals surface area contributed by atoms with E-state index in [1.165, 1.54) is 31.9 Å².